The number of allylic oxidation sites excluding steroid dienone is 4. The first-order chi connectivity index (χ1) is 14.8. The van der Waals surface area contributed by atoms with Gasteiger partial charge < -0.3 is 15.2 Å². The molecule has 0 radical (unpaired) electrons. The molecule has 5 heterocycles. The van der Waals surface area contributed by atoms with Crippen molar-refractivity contribution in [1.29, 1.82) is 0 Å². The molecule has 0 atom stereocenters. The predicted octanol–water partition coefficient (Wildman–Crippen LogP) is 3.58. The first-order valence-corrected chi connectivity index (χ1v) is 10.3. The van der Waals surface area contributed by atoms with E-state index in [1.807, 2.05) is 30.6 Å². The molecule has 4 aromatic rings. The zero-order valence-corrected chi connectivity index (χ0v) is 16.8. The molecule has 8 heteroatoms. The molecule has 1 aliphatic heterocycles. The van der Waals surface area contributed by atoms with E-state index in [1.54, 1.807) is 6.20 Å². The van der Waals surface area contributed by atoms with Gasteiger partial charge in [0, 0.05) is 55.1 Å². The van der Waals surface area contributed by atoms with Crippen molar-refractivity contribution in [2.45, 2.75) is 0 Å². The highest BCUT2D eigenvalue weighted by molar-refractivity contribution is 6.30. The van der Waals surface area contributed by atoms with Crippen LogP contribution in [0.3, 0.4) is 0 Å². The number of hydrogen-bond donors (Lipinski definition) is 2. The first kappa shape index (κ1) is 17.6. The lowest BCUT2D eigenvalue weighted by Gasteiger charge is -2.30. The minimum atomic E-state index is 0.542. The van der Waals surface area contributed by atoms with Gasteiger partial charge in [-0.1, -0.05) is 29.8 Å². The molecule has 1 fully saturated rings. The fourth-order valence-electron chi connectivity index (χ4n) is 4.07. The van der Waals surface area contributed by atoms with Crippen molar-refractivity contribution < 1.29 is 0 Å². The quantitative estimate of drug-likeness (QED) is 0.532. The Labute approximate surface area is 177 Å². The van der Waals surface area contributed by atoms with Gasteiger partial charge in [-0.15, -0.1) is 0 Å². The number of H-pyrrole nitrogens is 1. The highest BCUT2D eigenvalue weighted by Gasteiger charge is 2.22. The van der Waals surface area contributed by atoms with Crippen LogP contribution in [-0.4, -0.2) is 51.1 Å². The van der Waals surface area contributed by atoms with Crippen molar-refractivity contribution in [2.75, 3.05) is 31.1 Å². The fraction of sp³-hybridized carbons (Fsp3) is 0.182. The van der Waals surface area contributed by atoms with Crippen molar-refractivity contribution in [2.24, 2.45) is 0 Å². The summed E-state index contributed by atoms with van der Waals surface area (Å²) in [5, 5.41) is 5.91. The maximum atomic E-state index is 6.19. The van der Waals surface area contributed by atoms with Gasteiger partial charge in [0.05, 0.1) is 17.1 Å². The third-order valence-corrected chi connectivity index (χ3v) is 5.81. The molecule has 6 rings (SSSR count). The van der Waals surface area contributed by atoms with E-state index in [0.717, 1.165) is 70.6 Å². The topological polar surface area (TPSA) is 82.6 Å². The molecule has 148 valence electrons. The molecule has 1 saturated heterocycles. The Kier molecular flexibility index (Phi) is 4.04. The van der Waals surface area contributed by atoms with Gasteiger partial charge in [-0.3, -0.25) is 4.98 Å². The summed E-state index contributed by atoms with van der Waals surface area (Å²) < 4.78 is 0. The minimum Gasteiger partial charge on any atom is -0.353 e. The average molecular weight is 416 g/mol. The number of hydrogen-bond acceptors (Lipinski definition) is 6. The highest BCUT2D eigenvalue weighted by atomic mass is 35.5. The Balaban J connectivity index is 1.63. The van der Waals surface area contributed by atoms with Crippen LogP contribution in [0, 0.1) is 0 Å². The predicted molar refractivity (Wildman–Crippen MR) is 120 cm³/mol. The molecule has 4 aromatic heterocycles. The molecule has 30 heavy (non-hydrogen) atoms. The number of nitrogens with zero attached hydrogens (tertiary/aromatic N) is 5. The second kappa shape index (κ2) is 6.90. The zero-order valence-electron chi connectivity index (χ0n) is 16.1. The molecular weight excluding hydrogens is 398 g/mol. The Morgan fingerprint density at radius 2 is 1.93 bits per heavy atom. The van der Waals surface area contributed by atoms with Crippen molar-refractivity contribution >= 4 is 44.9 Å². The van der Waals surface area contributed by atoms with E-state index < -0.39 is 0 Å². The standard InChI is InChI=1S/C22H18ClN7/c23-18-10-15-14(4-5-26-20(15)28-18)21-27-17-12-25-11-16(13-2-1-3-13)19(17)22(29-21)30-8-6-24-7-9-30/h1-5,10-12,24H,6-9H2,(H,26,28). The van der Waals surface area contributed by atoms with Gasteiger partial charge in [0.2, 0.25) is 0 Å². The molecule has 0 aromatic carbocycles. The van der Waals surface area contributed by atoms with Crippen LogP contribution in [0.5, 0.6) is 0 Å². The van der Waals surface area contributed by atoms with Gasteiger partial charge in [-0.05, 0) is 17.7 Å². The smallest absolute Gasteiger partial charge is 0.163 e. The summed E-state index contributed by atoms with van der Waals surface area (Å²) in [6, 6.07) is 3.81. The third kappa shape index (κ3) is 2.78. The maximum absolute atomic E-state index is 6.19. The monoisotopic (exact) mass is 415 g/mol. The lowest BCUT2D eigenvalue weighted by atomic mass is 9.97. The van der Waals surface area contributed by atoms with Gasteiger partial charge in [0.25, 0.3) is 0 Å². The normalized spacial score (nSPS) is 16.2. The van der Waals surface area contributed by atoms with E-state index in [-0.39, 0.29) is 0 Å². The van der Waals surface area contributed by atoms with Crippen molar-refractivity contribution in [3.05, 3.63) is 59.7 Å². The van der Waals surface area contributed by atoms with Crippen molar-refractivity contribution in [1.82, 2.24) is 30.2 Å². The second-order valence-corrected chi connectivity index (χ2v) is 7.82. The van der Waals surface area contributed by atoms with Crippen LogP contribution in [0.25, 0.3) is 38.9 Å². The number of fused-ring (bicyclic) bond motifs is 2. The highest BCUT2D eigenvalue weighted by Crippen LogP contribution is 2.36. The van der Waals surface area contributed by atoms with Gasteiger partial charge in [-0.25, -0.2) is 15.0 Å². The summed E-state index contributed by atoms with van der Waals surface area (Å²) >= 11 is 6.19. The van der Waals surface area contributed by atoms with Crippen LogP contribution >= 0.6 is 11.6 Å². The first-order valence-electron chi connectivity index (χ1n) is 9.92. The Morgan fingerprint density at radius 1 is 1.07 bits per heavy atom. The number of anilines is 1. The molecular formula is C22H18ClN7. The van der Waals surface area contributed by atoms with Crippen LogP contribution in [0.4, 0.5) is 5.82 Å². The fourth-order valence-corrected chi connectivity index (χ4v) is 4.27. The van der Waals surface area contributed by atoms with E-state index in [0.29, 0.717) is 11.0 Å². The maximum Gasteiger partial charge on any atom is 0.163 e. The van der Waals surface area contributed by atoms with Crippen molar-refractivity contribution in [3.8, 4) is 11.4 Å². The SMILES string of the molecule is Clc1cc2c(-c3nc(N4CCNCC4)c4c(C5=CC=C5)cncc4n3)ccnc2[nH]1. The summed E-state index contributed by atoms with van der Waals surface area (Å²) in [5.74, 6) is 1.60. The Hall–Kier alpha value is -3.29. The summed E-state index contributed by atoms with van der Waals surface area (Å²) in [6.07, 6.45) is 11.7. The summed E-state index contributed by atoms with van der Waals surface area (Å²) in [4.78, 5) is 24.2. The van der Waals surface area contributed by atoms with Gasteiger partial charge >= 0.3 is 0 Å². The second-order valence-electron chi connectivity index (χ2n) is 7.41. The molecule has 0 bridgehead atoms. The van der Waals surface area contributed by atoms with Crippen LogP contribution in [0.15, 0.2) is 49.0 Å². The molecule has 7 nitrogen and oxygen atoms in total. The lowest BCUT2D eigenvalue weighted by molar-refractivity contribution is 0.586. The molecule has 0 amide bonds. The van der Waals surface area contributed by atoms with Gasteiger partial charge in [-0.2, -0.15) is 0 Å². The number of rotatable bonds is 3. The van der Waals surface area contributed by atoms with E-state index in [9.17, 15) is 0 Å². The van der Waals surface area contributed by atoms with Crippen molar-refractivity contribution in [3.63, 3.8) is 0 Å². The summed E-state index contributed by atoms with van der Waals surface area (Å²) in [5.41, 5.74) is 4.68. The molecule has 0 unspecified atom stereocenters. The van der Waals surface area contributed by atoms with E-state index in [2.05, 4.69) is 37.3 Å². The van der Waals surface area contributed by atoms with Crippen LogP contribution in [0.1, 0.15) is 5.56 Å². The van der Waals surface area contributed by atoms with Gasteiger partial charge in [0.1, 0.15) is 16.6 Å². The summed E-state index contributed by atoms with van der Waals surface area (Å²) in [6.45, 7) is 3.64. The van der Waals surface area contributed by atoms with Gasteiger partial charge in [0.15, 0.2) is 5.82 Å². The number of halogens is 1. The number of piperazine rings is 1. The largest absolute Gasteiger partial charge is 0.353 e. The van der Waals surface area contributed by atoms with Crippen LogP contribution < -0.4 is 10.2 Å². The minimum absolute atomic E-state index is 0.542. The lowest BCUT2D eigenvalue weighted by Crippen LogP contribution is -2.44. The Morgan fingerprint density at radius 3 is 2.73 bits per heavy atom. The molecule has 2 N–H and O–H groups in total. The summed E-state index contributed by atoms with van der Waals surface area (Å²) in [7, 11) is 0. The molecule has 0 spiro atoms. The third-order valence-electron chi connectivity index (χ3n) is 5.61. The number of pyridine rings is 2. The van der Waals surface area contributed by atoms with E-state index >= 15 is 0 Å². The molecule has 0 saturated carbocycles. The average Bonchev–Trinajstić information content (AvgIpc) is 3.12. The number of aromatic nitrogens is 5. The van der Waals surface area contributed by atoms with Crippen LogP contribution in [0.2, 0.25) is 5.15 Å². The van der Waals surface area contributed by atoms with E-state index in [4.69, 9.17) is 21.6 Å². The number of nitrogens with one attached hydrogen (secondary N) is 2. The Bertz CT molecular complexity index is 1350. The molecule has 1 aliphatic carbocycles. The number of aromatic amines is 1. The zero-order chi connectivity index (χ0) is 20.1. The molecule has 2 aliphatic rings. The van der Waals surface area contributed by atoms with E-state index in [1.165, 1.54) is 0 Å². The van der Waals surface area contributed by atoms with Crippen LogP contribution in [-0.2, 0) is 0 Å².